The highest BCUT2D eigenvalue weighted by Crippen LogP contribution is 2.15. The van der Waals surface area contributed by atoms with Crippen LogP contribution in [0.15, 0.2) is 53.3 Å². The fraction of sp³-hybridized carbons (Fsp3) is 0.0714. The van der Waals surface area contributed by atoms with Crippen LogP contribution in [0.25, 0.3) is 11.0 Å². The largest absolute Gasteiger partial charge is 0.399 e. The standard InChI is InChI=1S/C14H13N3O/c15-11-6-7-12-13(8-11)17(14(18)16-12)9-10-4-2-1-3-5-10/h1-8H,9,15H2,(H,16,18). The molecule has 0 aliphatic heterocycles. The first-order chi connectivity index (χ1) is 8.74. The van der Waals surface area contributed by atoms with Gasteiger partial charge in [0.1, 0.15) is 0 Å². The summed E-state index contributed by atoms with van der Waals surface area (Å²) in [6.45, 7) is 0.545. The third-order valence-electron chi connectivity index (χ3n) is 2.98. The molecule has 0 atom stereocenters. The van der Waals surface area contributed by atoms with Crippen molar-refractivity contribution in [2.75, 3.05) is 5.73 Å². The molecule has 0 unspecified atom stereocenters. The number of rotatable bonds is 2. The van der Waals surface area contributed by atoms with Crippen LogP contribution in [0.5, 0.6) is 0 Å². The van der Waals surface area contributed by atoms with Crippen LogP contribution < -0.4 is 11.4 Å². The fourth-order valence-electron chi connectivity index (χ4n) is 2.09. The van der Waals surface area contributed by atoms with Gasteiger partial charge in [0.25, 0.3) is 0 Å². The zero-order valence-electron chi connectivity index (χ0n) is 9.76. The van der Waals surface area contributed by atoms with Gasteiger partial charge in [0.15, 0.2) is 0 Å². The maximum Gasteiger partial charge on any atom is 0.326 e. The van der Waals surface area contributed by atoms with Gasteiger partial charge < -0.3 is 10.7 Å². The Bertz CT molecular complexity index is 741. The molecule has 1 aromatic heterocycles. The molecule has 4 nitrogen and oxygen atoms in total. The van der Waals surface area contributed by atoms with Crippen molar-refractivity contribution in [1.82, 2.24) is 9.55 Å². The number of anilines is 1. The Morgan fingerprint density at radius 1 is 1.11 bits per heavy atom. The van der Waals surface area contributed by atoms with Crippen LogP contribution in [-0.2, 0) is 6.54 Å². The number of aromatic nitrogens is 2. The predicted octanol–water partition coefficient (Wildman–Crippen LogP) is 1.96. The second-order valence-corrected chi connectivity index (χ2v) is 4.28. The van der Waals surface area contributed by atoms with Crippen LogP contribution in [0.4, 0.5) is 5.69 Å². The maximum absolute atomic E-state index is 11.9. The first-order valence-electron chi connectivity index (χ1n) is 5.76. The monoisotopic (exact) mass is 239 g/mol. The minimum Gasteiger partial charge on any atom is -0.399 e. The lowest BCUT2D eigenvalue weighted by atomic mass is 10.2. The van der Waals surface area contributed by atoms with Gasteiger partial charge in [-0.2, -0.15) is 0 Å². The second-order valence-electron chi connectivity index (χ2n) is 4.28. The van der Waals surface area contributed by atoms with Crippen molar-refractivity contribution in [3.05, 3.63) is 64.6 Å². The zero-order valence-corrected chi connectivity index (χ0v) is 9.76. The number of benzene rings is 2. The van der Waals surface area contributed by atoms with Crippen LogP contribution >= 0.6 is 0 Å². The minimum atomic E-state index is -0.112. The molecule has 0 bridgehead atoms. The molecular weight excluding hydrogens is 226 g/mol. The van der Waals surface area contributed by atoms with Crippen molar-refractivity contribution in [1.29, 1.82) is 0 Å². The number of aromatic amines is 1. The number of H-pyrrole nitrogens is 1. The van der Waals surface area contributed by atoms with Crippen LogP contribution in [0.1, 0.15) is 5.56 Å². The summed E-state index contributed by atoms with van der Waals surface area (Å²) in [5, 5.41) is 0. The molecule has 0 amide bonds. The number of nitrogens with zero attached hydrogens (tertiary/aromatic N) is 1. The van der Waals surface area contributed by atoms with Crippen molar-refractivity contribution in [3.63, 3.8) is 0 Å². The third-order valence-corrected chi connectivity index (χ3v) is 2.98. The molecule has 0 fully saturated rings. The predicted molar refractivity (Wildman–Crippen MR) is 72.5 cm³/mol. The van der Waals surface area contributed by atoms with Crippen molar-refractivity contribution in [3.8, 4) is 0 Å². The van der Waals surface area contributed by atoms with E-state index in [1.165, 1.54) is 0 Å². The van der Waals surface area contributed by atoms with Crippen molar-refractivity contribution in [2.24, 2.45) is 0 Å². The topological polar surface area (TPSA) is 63.8 Å². The van der Waals surface area contributed by atoms with Gasteiger partial charge in [0.05, 0.1) is 17.6 Å². The van der Waals surface area contributed by atoms with E-state index in [1.54, 1.807) is 10.6 Å². The van der Waals surface area contributed by atoms with Gasteiger partial charge >= 0.3 is 5.69 Å². The SMILES string of the molecule is Nc1ccc2[nH]c(=O)n(Cc3ccccc3)c2c1. The van der Waals surface area contributed by atoms with Gasteiger partial charge in [-0.25, -0.2) is 4.79 Å². The van der Waals surface area contributed by atoms with Crippen molar-refractivity contribution in [2.45, 2.75) is 6.54 Å². The molecule has 3 rings (SSSR count). The average Bonchev–Trinajstić information content (AvgIpc) is 2.67. The Kier molecular flexibility index (Phi) is 2.41. The highest BCUT2D eigenvalue weighted by Gasteiger charge is 2.07. The summed E-state index contributed by atoms with van der Waals surface area (Å²) in [6.07, 6.45) is 0. The van der Waals surface area contributed by atoms with Gasteiger partial charge in [0.2, 0.25) is 0 Å². The molecule has 1 heterocycles. The summed E-state index contributed by atoms with van der Waals surface area (Å²) in [6, 6.07) is 15.3. The molecule has 18 heavy (non-hydrogen) atoms. The molecule has 2 aromatic carbocycles. The second kappa shape index (κ2) is 4.07. The van der Waals surface area contributed by atoms with Gasteiger partial charge in [-0.1, -0.05) is 30.3 Å². The maximum atomic E-state index is 11.9. The molecule has 0 spiro atoms. The zero-order chi connectivity index (χ0) is 12.5. The summed E-state index contributed by atoms with van der Waals surface area (Å²) in [4.78, 5) is 14.7. The summed E-state index contributed by atoms with van der Waals surface area (Å²) in [5.74, 6) is 0. The molecule has 0 aliphatic carbocycles. The van der Waals surface area contributed by atoms with Gasteiger partial charge in [-0.05, 0) is 23.8 Å². The molecule has 0 radical (unpaired) electrons. The number of hydrogen-bond donors (Lipinski definition) is 2. The van der Waals surface area contributed by atoms with Gasteiger partial charge in [-0.3, -0.25) is 4.57 Å². The number of fused-ring (bicyclic) bond motifs is 1. The van der Waals surface area contributed by atoms with E-state index >= 15 is 0 Å². The molecule has 90 valence electrons. The van der Waals surface area contributed by atoms with E-state index in [0.29, 0.717) is 12.2 Å². The van der Waals surface area contributed by atoms with E-state index in [-0.39, 0.29) is 5.69 Å². The number of nitrogens with two attached hydrogens (primary N) is 1. The summed E-state index contributed by atoms with van der Waals surface area (Å²) < 4.78 is 1.70. The molecular formula is C14H13N3O. The van der Waals surface area contributed by atoms with E-state index in [1.807, 2.05) is 42.5 Å². The number of nitrogens with one attached hydrogen (secondary N) is 1. The molecule has 0 aliphatic rings. The fourth-order valence-corrected chi connectivity index (χ4v) is 2.09. The number of hydrogen-bond acceptors (Lipinski definition) is 2. The molecule has 3 aromatic rings. The lowest BCUT2D eigenvalue weighted by Gasteiger charge is -2.03. The van der Waals surface area contributed by atoms with Crippen molar-refractivity contribution < 1.29 is 0 Å². The Morgan fingerprint density at radius 2 is 1.89 bits per heavy atom. The van der Waals surface area contributed by atoms with Gasteiger partial charge in [-0.15, -0.1) is 0 Å². The lowest BCUT2D eigenvalue weighted by Crippen LogP contribution is -2.17. The lowest BCUT2D eigenvalue weighted by molar-refractivity contribution is 0.787. The van der Waals surface area contributed by atoms with E-state index in [0.717, 1.165) is 16.6 Å². The average molecular weight is 239 g/mol. The van der Waals surface area contributed by atoms with E-state index in [9.17, 15) is 4.79 Å². The highest BCUT2D eigenvalue weighted by molar-refractivity contribution is 5.79. The van der Waals surface area contributed by atoms with Crippen LogP contribution in [0.3, 0.4) is 0 Å². The quantitative estimate of drug-likeness (QED) is 0.671. The molecule has 0 saturated carbocycles. The summed E-state index contributed by atoms with van der Waals surface area (Å²) >= 11 is 0. The van der Waals surface area contributed by atoms with Crippen molar-refractivity contribution >= 4 is 16.7 Å². The minimum absolute atomic E-state index is 0.112. The normalized spacial score (nSPS) is 10.9. The van der Waals surface area contributed by atoms with E-state index < -0.39 is 0 Å². The molecule has 0 saturated heterocycles. The van der Waals surface area contributed by atoms with Gasteiger partial charge in [0, 0.05) is 5.69 Å². The Labute approximate surface area is 104 Å². The number of imidazole rings is 1. The first kappa shape index (κ1) is 10.7. The van der Waals surface area contributed by atoms with E-state index in [2.05, 4.69) is 4.98 Å². The Balaban J connectivity index is 2.14. The van der Waals surface area contributed by atoms with Crippen LogP contribution in [0, 0.1) is 0 Å². The molecule has 3 N–H and O–H groups in total. The first-order valence-corrected chi connectivity index (χ1v) is 5.76. The Morgan fingerprint density at radius 3 is 2.67 bits per heavy atom. The summed E-state index contributed by atoms with van der Waals surface area (Å²) in [7, 11) is 0. The Hall–Kier alpha value is -2.49. The van der Waals surface area contributed by atoms with E-state index in [4.69, 9.17) is 5.73 Å². The third kappa shape index (κ3) is 1.78. The van der Waals surface area contributed by atoms with Crippen LogP contribution in [0.2, 0.25) is 0 Å². The highest BCUT2D eigenvalue weighted by atomic mass is 16.1. The molecule has 4 heteroatoms. The van der Waals surface area contributed by atoms with Crippen LogP contribution in [-0.4, -0.2) is 9.55 Å². The smallest absolute Gasteiger partial charge is 0.326 e. The number of nitrogen functional groups attached to an aromatic ring is 1. The summed E-state index contributed by atoms with van der Waals surface area (Å²) in [5.41, 5.74) is 9.04.